The van der Waals surface area contributed by atoms with Gasteiger partial charge in [-0.25, -0.2) is 0 Å². The van der Waals surface area contributed by atoms with Gasteiger partial charge in [0, 0.05) is 6.42 Å². The van der Waals surface area contributed by atoms with Crippen LogP contribution in [0.3, 0.4) is 0 Å². The van der Waals surface area contributed by atoms with Crippen molar-refractivity contribution in [3.05, 3.63) is 0 Å². The van der Waals surface area contributed by atoms with Crippen molar-refractivity contribution in [3.63, 3.8) is 0 Å². The zero-order valence-electron chi connectivity index (χ0n) is 18.1. The van der Waals surface area contributed by atoms with Gasteiger partial charge in [0.05, 0.1) is 6.61 Å². The standard InChI is InChI=1S/C23H44O4/c1-3-5-7-9-10-11-12-13-14-15-16-18-23(25-19-17-8-6-4-2)26-20-22(24)21-27-23/h3-21H2,1-2H3. The van der Waals surface area contributed by atoms with Crippen molar-refractivity contribution in [2.75, 3.05) is 19.8 Å². The zero-order chi connectivity index (χ0) is 19.6. The fourth-order valence-electron chi connectivity index (χ4n) is 3.53. The van der Waals surface area contributed by atoms with E-state index in [9.17, 15) is 4.79 Å². The third-order valence-electron chi connectivity index (χ3n) is 5.31. The molecular formula is C23H44O4. The minimum atomic E-state index is -0.973. The Hall–Kier alpha value is -0.450. The maximum Gasteiger partial charge on any atom is 0.283 e. The van der Waals surface area contributed by atoms with Crippen LogP contribution < -0.4 is 0 Å². The summed E-state index contributed by atoms with van der Waals surface area (Å²) in [7, 11) is 0. The molecule has 0 aliphatic carbocycles. The molecule has 160 valence electrons. The van der Waals surface area contributed by atoms with Gasteiger partial charge in [0.25, 0.3) is 5.97 Å². The summed E-state index contributed by atoms with van der Waals surface area (Å²) in [4.78, 5) is 11.4. The molecule has 1 fully saturated rings. The summed E-state index contributed by atoms with van der Waals surface area (Å²) in [5.74, 6) is -0.974. The second-order valence-electron chi connectivity index (χ2n) is 7.99. The van der Waals surface area contributed by atoms with Gasteiger partial charge in [0.1, 0.15) is 13.2 Å². The molecule has 1 rings (SSSR count). The van der Waals surface area contributed by atoms with Gasteiger partial charge < -0.3 is 14.2 Å². The molecule has 0 spiro atoms. The van der Waals surface area contributed by atoms with Crippen molar-refractivity contribution in [1.29, 1.82) is 0 Å². The van der Waals surface area contributed by atoms with E-state index in [1.54, 1.807) is 0 Å². The molecular weight excluding hydrogens is 340 g/mol. The van der Waals surface area contributed by atoms with Crippen molar-refractivity contribution < 1.29 is 19.0 Å². The minimum absolute atomic E-state index is 0.000792. The summed E-state index contributed by atoms with van der Waals surface area (Å²) >= 11 is 0. The van der Waals surface area contributed by atoms with Crippen LogP contribution in [0.1, 0.15) is 117 Å². The van der Waals surface area contributed by atoms with Crippen LogP contribution in [0, 0.1) is 0 Å². The van der Waals surface area contributed by atoms with E-state index in [1.165, 1.54) is 83.5 Å². The van der Waals surface area contributed by atoms with Crippen molar-refractivity contribution in [2.45, 2.75) is 123 Å². The number of carbonyl (C=O) groups is 1. The van der Waals surface area contributed by atoms with E-state index in [0.29, 0.717) is 6.61 Å². The number of ether oxygens (including phenoxy) is 3. The SMILES string of the molecule is CCCCCCCCCCCCCC1(OCCCCCC)OCC(=O)CO1. The molecule has 27 heavy (non-hydrogen) atoms. The monoisotopic (exact) mass is 384 g/mol. The Morgan fingerprint density at radius 1 is 0.704 bits per heavy atom. The van der Waals surface area contributed by atoms with E-state index in [-0.39, 0.29) is 19.0 Å². The highest BCUT2D eigenvalue weighted by atomic mass is 16.9. The molecule has 4 nitrogen and oxygen atoms in total. The Morgan fingerprint density at radius 2 is 1.15 bits per heavy atom. The molecule has 0 N–H and O–H groups in total. The first kappa shape index (κ1) is 24.6. The molecule has 0 radical (unpaired) electrons. The van der Waals surface area contributed by atoms with E-state index >= 15 is 0 Å². The Labute approximate surface area is 167 Å². The highest BCUT2D eigenvalue weighted by molar-refractivity contribution is 5.81. The maximum atomic E-state index is 11.4. The van der Waals surface area contributed by atoms with E-state index in [4.69, 9.17) is 14.2 Å². The second kappa shape index (κ2) is 16.5. The fourth-order valence-corrected chi connectivity index (χ4v) is 3.53. The lowest BCUT2D eigenvalue weighted by Gasteiger charge is -2.36. The summed E-state index contributed by atoms with van der Waals surface area (Å²) in [6, 6.07) is 0. The summed E-state index contributed by atoms with van der Waals surface area (Å²) in [5, 5.41) is 0. The van der Waals surface area contributed by atoms with Crippen LogP contribution in [-0.2, 0) is 19.0 Å². The molecule has 4 heteroatoms. The Balaban J connectivity index is 2.10. The van der Waals surface area contributed by atoms with Crippen molar-refractivity contribution >= 4 is 5.78 Å². The molecule has 0 aromatic carbocycles. The van der Waals surface area contributed by atoms with E-state index in [0.717, 1.165) is 19.3 Å². The fraction of sp³-hybridized carbons (Fsp3) is 0.957. The van der Waals surface area contributed by atoms with Crippen LogP contribution in [0.4, 0.5) is 0 Å². The molecule has 1 saturated heterocycles. The van der Waals surface area contributed by atoms with Gasteiger partial charge >= 0.3 is 0 Å². The van der Waals surface area contributed by atoms with Crippen molar-refractivity contribution in [3.8, 4) is 0 Å². The molecule has 0 amide bonds. The summed E-state index contributed by atoms with van der Waals surface area (Å²) in [5.41, 5.74) is 0. The molecule has 0 aromatic rings. The van der Waals surface area contributed by atoms with E-state index in [2.05, 4.69) is 13.8 Å². The predicted molar refractivity (Wildman–Crippen MR) is 111 cm³/mol. The predicted octanol–water partition coefficient (Wildman–Crippen LogP) is 6.55. The lowest BCUT2D eigenvalue weighted by molar-refractivity contribution is -0.389. The van der Waals surface area contributed by atoms with E-state index < -0.39 is 5.97 Å². The lowest BCUT2D eigenvalue weighted by atomic mass is 10.0. The number of hydrogen-bond acceptors (Lipinski definition) is 4. The lowest BCUT2D eigenvalue weighted by Crippen LogP contribution is -2.47. The number of carbonyl (C=O) groups excluding carboxylic acids is 1. The normalized spacial score (nSPS) is 16.7. The van der Waals surface area contributed by atoms with E-state index in [1.807, 2.05) is 0 Å². The molecule has 0 unspecified atom stereocenters. The van der Waals surface area contributed by atoms with Crippen LogP contribution in [0.15, 0.2) is 0 Å². The van der Waals surface area contributed by atoms with Gasteiger partial charge in [-0.15, -0.1) is 0 Å². The topological polar surface area (TPSA) is 44.8 Å². The minimum Gasteiger partial charge on any atom is -0.327 e. The number of unbranched alkanes of at least 4 members (excludes halogenated alkanes) is 13. The van der Waals surface area contributed by atoms with Gasteiger partial charge in [0.15, 0.2) is 5.78 Å². The quantitative estimate of drug-likeness (QED) is 0.251. The molecule has 0 aromatic heterocycles. The van der Waals surface area contributed by atoms with Gasteiger partial charge in [-0.3, -0.25) is 4.79 Å². The molecule has 1 aliphatic rings. The first-order valence-corrected chi connectivity index (χ1v) is 11.7. The van der Waals surface area contributed by atoms with Crippen LogP contribution in [0.5, 0.6) is 0 Å². The van der Waals surface area contributed by atoms with Crippen molar-refractivity contribution in [1.82, 2.24) is 0 Å². The van der Waals surface area contributed by atoms with Gasteiger partial charge in [-0.2, -0.15) is 0 Å². The zero-order valence-corrected chi connectivity index (χ0v) is 18.1. The van der Waals surface area contributed by atoms with Crippen LogP contribution in [0.2, 0.25) is 0 Å². The highest BCUT2D eigenvalue weighted by Crippen LogP contribution is 2.27. The molecule has 1 aliphatic heterocycles. The molecule has 1 heterocycles. The summed E-state index contributed by atoms with van der Waals surface area (Å²) in [6.45, 7) is 5.35. The van der Waals surface area contributed by atoms with Crippen LogP contribution >= 0.6 is 0 Å². The largest absolute Gasteiger partial charge is 0.327 e. The van der Waals surface area contributed by atoms with Gasteiger partial charge in [-0.05, 0) is 12.8 Å². The van der Waals surface area contributed by atoms with Crippen LogP contribution in [0.25, 0.3) is 0 Å². The summed E-state index contributed by atoms with van der Waals surface area (Å²) in [6.07, 6.45) is 19.8. The average molecular weight is 385 g/mol. The third kappa shape index (κ3) is 12.6. The average Bonchev–Trinajstić information content (AvgIpc) is 2.68. The number of ketones is 1. The smallest absolute Gasteiger partial charge is 0.283 e. The number of Topliss-reactive ketones (excluding diaryl/α,β-unsaturated/α-hetero) is 1. The Bertz CT molecular complexity index is 346. The second-order valence-corrected chi connectivity index (χ2v) is 7.99. The number of rotatable bonds is 18. The first-order valence-electron chi connectivity index (χ1n) is 11.7. The summed E-state index contributed by atoms with van der Waals surface area (Å²) < 4.78 is 17.3. The maximum absolute atomic E-state index is 11.4. The molecule has 0 saturated carbocycles. The highest BCUT2D eigenvalue weighted by Gasteiger charge is 2.37. The first-order chi connectivity index (χ1) is 13.2. The number of hydrogen-bond donors (Lipinski definition) is 0. The van der Waals surface area contributed by atoms with Gasteiger partial charge in [0.2, 0.25) is 0 Å². The third-order valence-corrected chi connectivity index (χ3v) is 5.31. The molecule has 0 bridgehead atoms. The van der Waals surface area contributed by atoms with Crippen molar-refractivity contribution in [2.24, 2.45) is 0 Å². The molecule has 0 atom stereocenters. The Kier molecular flexibility index (Phi) is 15.0. The van der Waals surface area contributed by atoms with Crippen LogP contribution in [-0.4, -0.2) is 31.6 Å². The Morgan fingerprint density at radius 3 is 1.67 bits per heavy atom. The van der Waals surface area contributed by atoms with Gasteiger partial charge in [-0.1, -0.05) is 97.3 Å².